The first kappa shape index (κ1) is 8.79. The number of carbonyl (C=O) groups excluding carboxylic acids is 1. The van der Waals surface area contributed by atoms with Gasteiger partial charge in [-0.3, -0.25) is 4.79 Å². The first-order chi connectivity index (χ1) is 6.18. The molecule has 0 aromatic rings. The van der Waals surface area contributed by atoms with Crippen LogP contribution in [0.4, 0.5) is 0 Å². The molecule has 0 unspecified atom stereocenters. The molecule has 2 heteroatoms. The van der Waals surface area contributed by atoms with Crippen LogP contribution in [0.25, 0.3) is 0 Å². The van der Waals surface area contributed by atoms with E-state index in [4.69, 9.17) is 0 Å². The van der Waals surface area contributed by atoms with Crippen molar-refractivity contribution < 1.29 is 4.79 Å². The molecular weight excluding hydrogens is 162 g/mol. The van der Waals surface area contributed by atoms with E-state index in [0.717, 1.165) is 31.6 Å². The second-order valence-corrected chi connectivity index (χ2v) is 4.42. The van der Waals surface area contributed by atoms with Crippen LogP contribution in [0.5, 0.6) is 0 Å². The summed E-state index contributed by atoms with van der Waals surface area (Å²) in [4.78, 5) is 14.1. The lowest BCUT2D eigenvalue weighted by atomic mass is 9.84. The van der Waals surface area contributed by atoms with Crippen LogP contribution in [0.2, 0.25) is 0 Å². The van der Waals surface area contributed by atoms with E-state index < -0.39 is 0 Å². The van der Waals surface area contributed by atoms with Crippen LogP contribution in [-0.2, 0) is 4.79 Å². The number of Topliss-reactive ketones (excluding diaryl/α,β-unsaturated/α-hetero) is 1. The highest BCUT2D eigenvalue weighted by Crippen LogP contribution is 2.31. The van der Waals surface area contributed by atoms with Gasteiger partial charge in [-0.1, -0.05) is 19.9 Å². The van der Waals surface area contributed by atoms with E-state index in [2.05, 4.69) is 24.8 Å². The summed E-state index contributed by atoms with van der Waals surface area (Å²) >= 11 is 0. The van der Waals surface area contributed by atoms with Crippen LogP contribution in [0.15, 0.2) is 11.8 Å². The zero-order valence-electron chi connectivity index (χ0n) is 8.42. The Hall–Kier alpha value is -0.790. The van der Waals surface area contributed by atoms with Gasteiger partial charge in [-0.15, -0.1) is 0 Å². The van der Waals surface area contributed by atoms with Crippen molar-refractivity contribution in [1.82, 2.24) is 4.90 Å². The van der Waals surface area contributed by atoms with Crippen LogP contribution >= 0.6 is 0 Å². The molecule has 2 nitrogen and oxygen atoms in total. The predicted molar refractivity (Wildman–Crippen MR) is 52.2 cm³/mol. The summed E-state index contributed by atoms with van der Waals surface area (Å²) in [5.41, 5.74) is 0.998. The fourth-order valence-corrected chi connectivity index (χ4v) is 2.25. The minimum atomic E-state index is 0.343. The van der Waals surface area contributed by atoms with Crippen molar-refractivity contribution in [1.29, 1.82) is 0 Å². The van der Waals surface area contributed by atoms with E-state index in [9.17, 15) is 4.79 Å². The molecule has 0 atom stereocenters. The van der Waals surface area contributed by atoms with E-state index in [1.165, 1.54) is 0 Å². The maximum atomic E-state index is 11.8. The van der Waals surface area contributed by atoms with Gasteiger partial charge in [-0.2, -0.15) is 0 Å². The topological polar surface area (TPSA) is 20.3 Å². The second kappa shape index (κ2) is 3.17. The number of hydrogen-bond donors (Lipinski definition) is 0. The highest BCUT2D eigenvalue weighted by Gasteiger charge is 2.36. The molecule has 13 heavy (non-hydrogen) atoms. The Kier molecular flexibility index (Phi) is 2.14. The normalized spacial score (nSPS) is 26.5. The van der Waals surface area contributed by atoms with Crippen molar-refractivity contribution in [3.05, 3.63) is 11.8 Å². The Morgan fingerprint density at radius 2 is 2.00 bits per heavy atom. The third-order valence-corrected chi connectivity index (χ3v) is 2.95. The first-order valence-electron chi connectivity index (χ1n) is 5.19. The van der Waals surface area contributed by atoms with E-state index in [0.29, 0.717) is 17.6 Å². The minimum Gasteiger partial charge on any atom is -0.369 e. The van der Waals surface area contributed by atoms with E-state index in [-0.39, 0.29) is 0 Å². The van der Waals surface area contributed by atoms with Crippen molar-refractivity contribution >= 4 is 5.78 Å². The molecule has 3 fully saturated rings. The van der Waals surface area contributed by atoms with Gasteiger partial charge in [0.05, 0.1) is 5.70 Å². The maximum Gasteiger partial charge on any atom is 0.181 e. The summed E-state index contributed by atoms with van der Waals surface area (Å²) < 4.78 is 0. The summed E-state index contributed by atoms with van der Waals surface area (Å²) in [5.74, 6) is 1.22. The summed E-state index contributed by atoms with van der Waals surface area (Å²) in [6.45, 7) is 6.44. The molecule has 3 aliphatic heterocycles. The predicted octanol–water partition coefficient (Wildman–Crippen LogP) is 1.82. The molecule has 0 aromatic heterocycles. The number of piperidine rings is 3. The largest absolute Gasteiger partial charge is 0.369 e. The molecule has 0 saturated carbocycles. The molecule has 0 N–H and O–H groups in total. The van der Waals surface area contributed by atoms with E-state index >= 15 is 0 Å². The van der Waals surface area contributed by atoms with Crippen LogP contribution in [0, 0.1) is 11.8 Å². The van der Waals surface area contributed by atoms with Crippen molar-refractivity contribution in [3.8, 4) is 0 Å². The minimum absolute atomic E-state index is 0.343. The van der Waals surface area contributed by atoms with Crippen LogP contribution < -0.4 is 0 Å². The summed E-state index contributed by atoms with van der Waals surface area (Å²) in [6, 6.07) is 0. The van der Waals surface area contributed by atoms with Gasteiger partial charge in [0.1, 0.15) is 0 Å². The summed E-state index contributed by atoms with van der Waals surface area (Å²) in [6.07, 6.45) is 4.27. The van der Waals surface area contributed by atoms with Gasteiger partial charge in [-0.25, -0.2) is 0 Å². The molecule has 72 valence electrons. The molecule has 3 heterocycles. The highest BCUT2D eigenvalue weighted by molar-refractivity contribution is 5.98. The van der Waals surface area contributed by atoms with E-state index in [1.54, 1.807) is 0 Å². The number of hydrogen-bond acceptors (Lipinski definition) is 2. The van der Waals surface area contributed by atoms with Gasteiger partial charge in [0.25, 0.3) is 0 Å². The summed E-state index contributed by atoms with van der Waals surface area (Å²) in [5, 5.41) is 0. The van der Waals surface area contributed by atoms with Crippen LogP contribution in [0.1, 0.15) is 26.7 Å². The Bertz CT molecular complexity index is 247. The standard InChI is InChI=1S/C11H17NO/c1-8(2)7-10-11(13)9-3-5-12(10)6-4-9/h7-9H,3-6H2,1-2H3/b10-7+. The van der Waals surface area contributed by atoms with Crippen molar-refractivity contribution in [2.24, 2.45) is 11.8 Å². The van der Waals surface area contributed by atoms with E-state index in [1.807, 2.05) is 0 Å². The number of rotatable bonds is 1. The van der Waals surface area contributed by atoms with Crippen LogP contribution in [-0.4, -0.2) is 23.8 Å². The maximum absolute atomic E-state index is 11.8. The van der Waals surface area contributed by atoms with Crippen molar-refractivity contribution in [2.75, 3.05) is 13.1 Å². The molecule has 2 bridgehead atoms. The second-order valence-electron chi connectivity index (χ2n) is 4.42. The Labute approximate surface area is 79.6 Å². The molecule has 0 spiro atoms. The molecule has 0 amide bonds. The lowest BCUT2D eigenvalue weighted by molar-refractivity contribution is -0.125. The Morgan fingerprint density at radius 1 is 1.38 bits per heavy atom. The number of carbonyl (C=O) groups is 1. The SMILES string of the molecule is CC(C)/C=C1\C(=O)C2CCN1CC2. The van der Waals surface area contributed by atoms with Gasteiger partial charge < -0.3 is 4.90 Å². The first-order valence-corrected chi connectivity index (χ1v) is 5.19. The van der Waals surface area contributed by atoms with Crippen LogP contribution in [0.3, 0.4) is 0 Å². The fraction of sp³-hybridized carbons (Fsp3) is 0.727. The molecule has 0 aliphatic carbocycles. The average Bonchev–Trinajstić information content (AvgIpc) is 2.11. The Balaban J connectivity index is 2.23. The van der Waals surface area contributed by atoms with Gasteiger partial charge >= 0.3 is 0 Å². The lowest BCUT2D eigenvalue weighted by Gasteiger charge is -2.41. The lowest BCUT2D eigenvalue weighted by Crippen LogP contribution is -2.46. The quantitative estimate of drug-likeness (QED) is 0.572. The zero-order chi connectivity index (χ0) is 9.42. The molecule has 3 rings (SSSR count). The van der Waals surface area contributed by atoms with Gasteiger partial charge in [0.15, 0.2) is 5.78 Å². The third kappa shape index (κ3) is 1.50. The average molecular weight is 179 g/mol. The van der Waals surface area contributed by atoms with Gasteiger partial charge in [0.2, 0.25) is 0 Å². The van der Waals surface area contributed by atoms with Crippen molar-refractivity contribution in [2.45, 2.75) is 26.7 Å². The third-order valence-electron chi connectivity index (χ3n) is 2.95. The highest BCUT2D eigenvalue weighted by atomic mass is 16.1. The number of allylic oxidation sites excluding steroid dienone is 2. The number of ketones is 1. The monoisotopic (exact) mass is 179 g/mol. The molecule has 3 saturated heterocycles. The Morgan fingerprint density at radius 3 is 2.46 bits per heavy atom. The molecule has 0 aromatic carbocycles. The zero-order valence-corrected chi connectivity index (χ0v) is 8.42. The van der Waals surface area contributed by atoms with Gasteiger partial charge in [0, 0.05) is 19.0 Å². The fourth-order valence-electron chi connectivity index (χ4n) is 2.25. The molecule has 0 radical (unpaired) electrons. The summed E-state index contributed by atoms with van der Waals surface area (Å²) in [7, 11) is 0. The molecule has 3 aliphatic rings. The number of nitrogens with zero attached hydrogens (tertiary/aromatic N) is 1. The van der Waals surface area contributed by atoms with Gasteiger partial charge in [-0.05, 0) is 18.8 Å². The smallest absolute Gasteiger partial charge is 0.181 e. The van der Waals surface area contributed by atoms with Crippen molar-refractivity contribution in [3.63, 3.8) is 0 Å². The molecular formula is C11H17NO. The number of fused-ring (bicyclic) bond motifs is 3.